The maximum Gasteiger partial charge on any atom is 0.506 e. The van der Waals surface area contributed by atoms with Gasteiger partial charge in [0.15, 0.2) is 5.82 Å². The number of ether oxygens (including phenoxy) is 3. The van der Waals surface area contributed by atoms with Gasteiger partial charge in [0, 0.05) is 18.7 Å². The second-order valence-electron chi connectivity index (χ2n) is 7.43. The van der Waals surface area contributed by atoms with E-state index in [1.165, 1.54) is 12.3 Å². The molecule has 1 aromatic heterocycles. The van der Waals surface area contributed by atoms with Gasteiger partial charge in [-0.1, -0.05) is 32.0 Å². The predicted octanol–water partition coefficient (Wildman–Crippen LogP) is 1.98. The summed E-state index contributed by atoms with van der Waals surface area (Å²) >= 11 is 0. The second kappa shape index (κ2) is 10.6. The molecule has 0 bridgehead atoms. The van der Waals surface area contributed by atoms with Crippen molar-refractivity contribution in [2.24, 2.45) is 5.92 Å². The maximum atomic E-state index is 12.5. The molecule has 12 nitrogen and oxygen atoms in total. The van der Waals surface area contributed by atoms with Gasteiger partial charge < -0.3 is 24.2 Å². The number of carbonyl (C=O) groups is 3. The lowest BCUT2D eigenvalue weighted by Gasteiger charge is -2.18. The van der Waals surface area contributed by atoms with Crippen molar-refractivity contribution >= 4 is 23.9 Å². The first kappa shape index (κ1) is 23.7. The van der Waals surface area contributed by atoms with Crippen LogP contribution in [0.15, 0.2) is 47.4 Å². The van der Waals surface area contributed by atoms with E-state index in [0.717, 1.165) is 4.57 Å². The number of carboxylic acid groups (broad SMARTS) is 1. The zero-order chi connectivity index (χ0) is 24.0. The van der Waals surface area contributed by atoms with Crippen LogP contribution in [0.2, 0.25) is 0 Å². The lowest BCUT2D eigenvalue weighted by molar-refractivity contribution is -0.154. The van der Waals surface area contributed by atoms with Gasteiger partial charge in [-0.25, -0.2) is 14.4 Å². The van der Waals surface area contributed by atoms with Crippen molar-refractivity contribution in [1.29, 1.82) is 0 Å². The lowest BCUT2D eigenvalue weighted by atomic mass is 10.2. The molecule has 0 unspecified atom stereocenters. The molecule has 1 aliphatic rings. The third kappa shape index (κ3) is 6.29. The van der Waals surface area contributed by atoms with Gasteiger partial charge in [-0.05, 0) is 12.1 Å². The van der Waals surface area contributed by atoms with Crippen LogP contribution in [0.25, 0.3) is 0 Å². The highest BCUT2D eigenvalue weighted by Gasteiger charge is 2.40. The lowest BCUT2D eigenvalue weighted by Crippen LogP contribution is -2.32. The van der Waals surface area contributed by atoms with E-state index >= 15 is 0 Å². The standard InChI is InChI=1S/C21H23N3O9/c1-12(2)18(25)30-11-15-14(32-21(28)29)10-17(31-15)24-9-8-16(22-20(24)27)23-33-19(26)13-6-4-3-5-7-13/h3-9,12,14-15,17H,10-11H2,1-2H3,(H,28,29)(H,22,23,27)/t14-,15+,17+/m0/s1. The van der Waals surface area contributed by atoms with E-state index in [4.69, 9.17) is 24.2 Å². The van der Waals surface area contributed by atoms with Crippen molar-refractivity contribution in [3.05, 3.63) is 58.6 Å². The first-order valence-electron chi connectivity index (χ1n) is 10.1. The fourth-order valence-electron chi connectivity index (χ4n) is 3.03. The van der Waals surface area contributed by atoms with E-state index < -0.39 is 42.2 Å². The summed E-state index contributed by atoms with van der Waals surface area (Å²) in [5.41, 5.74) is 1.88. The summed E-state index contributed by atoms with van der Waals surface area (Å²) in [6, 6.07) is 9.62. The SMILES string of the molecule is CC(C)C(=O)OC[C@H]1O[C@@H](n2ccc(NOC(=O)c3ccccc3)nc2=O)C[C@@H]1OC(=O)O. The van der Waals surface area contributed by atoms with E-state index in [1.807, 2.05) is 0 Å². The van der Waals surface area contributed by atoms with Crippen LogP contribution < -0.4 is 11.2 Å². The van der Waals surface area contributed by atoms with Crippen LogP contribution in [0, 0.1) is 5.92 Å². The molecule has 1 saturated heterocycles. The fraction of sp³-hybridized carbons (Fsp3) is 0.381. The molecule has 0 amide bonds. The number of nitrogens with one attached hydrogen (secondary N) is 1. The summed E-state index contributed by atoms with van der Waals surface area (Å²) in [6.45, 7) is 3.08. The van der Waals surface area contributed by atoms with E-state index in [1.54, 1.807) is 44.2 Å². The number of anilines is 1. The molecular weight excluding hydrogens is 438 g/mol. The van der Waals surface area contributed by atoms with Gasteiger partial charge in [-0.3, -0.25) is 9.36 Å². The third-order valence-electron chi connectivity index (χ3n) is 4.69. The molecule has 176 valence electrons. The summed E-state index contributed by atoms with van der Waals surface area (Å²) in [4.78, 5) is 55.9. The molecule has 0 aliphatic carbocycles. The molecule has 3 rings (SSSR count). The molecule has 1 fully saturated rings. The Morgan fingerprint density at radius 3 is 2.61 bits per heavy atom. The minimum absolute atomic E-state index is 0.00749. The predicted molar refractivity (Wildman–Crippen MR) is 111 cm³/mol. The van der Waals surface area contributed by atoms with Gasteiger partial charge in [-0.2, -0.15) is 10.5 Å². The highest BCUT2D eigenvalue weighted by atomic mass is 16.7. The molecule has 0 radical (unpaired) electrons. The van der Waals surface area contributed by atoms with Crippen LogP contribution in [-0.4, -0.2) is 51.6 Å². The normalized spacial score (nSPS) is 19.7. The molecule has 2 N–H and O–H groups in total. The molecule has 12 heteroatoms. The number of nitrogens with zero attached hydrogens (tertiary/aromatic N) is 2. The van der Waals surface area contributed by atoms with Crippen LogP contribution in [0.3, 0.4) is 0 Å². The molecule has 0 spiro atoms. The largest absolute Gasteiger partial charge is 0.506 e. The number of carbonyl (C=O) groups excluding carboxylic acids is 2. The first-order chi connectivity index (χ1) is 15.7. The van der Waals surface area contributed by atoms with Gasteiger partial charge in [0.2, 0.25) is 0 Å². The molecule has 2 aromatic rings. The van der Waals surface area contributed by atoms with E-state index in [-0.39, 0.29) is 24.8 Å². The van der Waals surface area contributed by atoms with Gasteiger partial charge in [0.1, 0.15) is 25.0 Å². The quantitative estimate of drug-likeness (QED) is 0.337. The Hall–Kier alpha value is -3.93. The summed E-state index contributed by atoms with van der Waals surface area (Å²) in [7, 11) is 0. The van der Waals surface area contributed by atoms with E-state index in [2.05, 4.69) is 10.5 Å². The number of hydrogen-bond donors (Lipinski definition) is 2. The maximum absolute atomic E-state index is 12.5. The zero-order valence-corrected chi connectivity index (χ0v) is 17.9. The minimum Gasteiger partial charge on any atom is -0.463 e. The van der Waals surface area contributed by atoms with Crippen molar-refractivity contribution < 1.29 is 38.5 Å². The molecule has 3 atom stereocenters. The molecule has 0 saturated carbocycles. The number of rotatable bonds is 8. The fourth-order valence-corrected chi connectivity index (χ4v) is 3.03. The number of aromatic nitrogens is 2. The molecule has 1 aromatic carbocycles. The Labute approximate surface area is 188 Å². The summed E-state index contributed by atoms with van der Waals surface area (Å²) < 4.78 is 16.8. The van der Waals surface area contributed by atoms with Crippen molar-refractivity contribution in [2.75, 3.05) is 12.1 Å². The monoisotopic (exact) mass is 461 g/mol. The van der Waals surface area contributed by atoms with Gasteiger partial charge in [-0.15, -0.1) is 0 Å². The molecular formula is C21H23N3O9. The average molecular weight is 461 g/mol. The molecule has 33 heavy (non-hydrogen) atoms. The Bertz CT molecular complexity index is 1050. The van der Waals surface area contributed by atoms with Crippen LogP contribution in [0.5, 0.6) is 0 Å². The van der Waals surface area contributed by atoms with Crippen molar-refractivity contribution in [2.45, 2.75) is 38.7 Å². The first-order valence-corrected chi connectivity index (χ1v) is 10.1. The van der Waals surface area contributed by atoms with Crippen LogP contribution >= 0.6 is 0 Å². The Kier molecular flexibility index (Phi) is 7.61. The Balaban J connectivity index is 1.65. The topological polar surface area (TPSA) is 155 Å². The van der Waals surface area contributed by atoms with Crippen molar-refractivity contribution in [1.82, 2.24) is 9.55 Å². The van der Waals surface area contributed by atoms with Crippen LogP contribution in [0.4, 0.5) is 10.6 Å². The minimum atomic E-state index is -1.52. The average Bonchev–Trinajstić information content (AvgIpc) is 3.17. The molecule has 1 aliphatic heterocycles. The zero-order valence-electron chi connectivity index (χ0n) is 17.9. The third-order valence-corrected chi connectivity index (χ3v) is 4.69. The van der Waals surface area contributed by atoms with Gasteiger partial charge in [0.25, 0.3) is 0 Å². The van der Waals surface area contributed by atoms with E-state index in [0.29, 0.717) is 5.56 Å². The van der Waals surface area contributed by atoms with Crippen molar-refractivity contribution in [3.8, 4) is 0 Å². The van der Waals surface area contributed by atoms with Crippen LogP contribution in [-0.2, 0) is 23.8 Å². The number of hydrogen-bond acceptors (Lipinski definition) is 10. The highest BCUT2D eigenvalue weighted by Crippen LogP contribution is 2.30. The van der Waals surface area contributed by atoms with Crippen LogP contribution in [0.1, 0.15) is 36.9 Å². The Morgan fingerprint density at radius 2 is 1.97 bits per heavy atom. The Morgan fingerprint density at radius 1 is 1.24 bits per heavy atom. The summed E-state index contributed by atoms with van der Waals surface area (Å²) in [5.74, 6) is -1.52. The van der Waals surface area contributed by atoms with Crippen molar-refractivity contribution in [3.63, 3.8) is 0 Å². The number of benzene rings is 1. The highest BCUT2D eigenvalue weighted by molar-refractivity contribution is 5.89. The summed E-state index contributed by atoms with van der Waals surface area (Å²) in [5, 5.41) is 8.98. The smallest absolute Gasteiger partial charge is 0.463 e. The summed E-state index contributed by atoms with van der Waals surface area (Å²) in [6.07, 6.45) is -2.92. The van der Waals surface area contributed by atoms with Gasteiger partial charge >= 0.3 is 23.8 Å². The van der Waals surface area contributed by atoms with Gasteiger partial charge in [0.05, 0.1) is 11.5 Å². The molecule has 2 heterocycles. The second-order valence-corrected chi connectivity index (χ2v) is 7.43. The number of esters is 1. The van der Waals surface area contributed by atoms with E-state index in [9.17, 15) is 19.2 Å².